The highest BCUT2D eigenvalue weighted by molar-refractivity contribution is 5.81. The van der Waals surface area contributed by atoms with E-state index in [2.05, 4.69) is 22.3 Å². The lowest BCUT2D eigenvalue weighted by atomic mass is 9.63. The first-order valence-corrected chi connectivity index (χ1v) is 10.8. The maximum atomic E-state index is 13.9. The van der Waals surface area contributed by atoms with Gasteiger partial charge < -0.3 is 19.9 Å². The standard InChI is InChI=1S/C24H28FN3O3/c1-2-31-21(29)16-26-23(30)27-13-11-24(12-14-27)17-28(20-10-6-9-19(25)15-20)22(24)18-7-4-3-5-8-18/h3-10,15,22H,2,11-14,16-17H2,1H3,(H,26,30). The van der Waals surface area contributed by atoms with Crippen molar-refractivity contribution in [3.05, 3.63) is 66.0 Å². The van der Waals surface area contributed by atoms with Gasteiger partial charge in [-0.25, -0.2) is 9.18 Å². The van der Waals surface area contributed by atoms with Crippen LogP contribution in [-0.2, 0) is 9.53 Å². The second-order valence-electron chi connectivity index (χ2n) is 8.23. The Morgan fingerprint density at radius 2 is 1.87 bits per heavy atom. The molecule has 0 radical (unpaired) electrons. The Bertz CT molecular complexity index is 929. The van der Waals surface area contributed by atoms with Gasteiger partial charge in [0.05, 0.1) is 12.6 Å². The number of anilines is 1. The number of nitrogens with one attached hydrogen (secondary N) is 1. The van der Waals surface area contributed by atoms with Crippen molar-refractivity contribution >= 4 is 17.7 Å². The van der Waals surface area contributed by atoms with E-state index in [0.29, 0.717) is 19.7 Å². The van der Waals surface area contributed by atoms with Crippen molar-refractivity contribution < 1.29 is 18.7 Å². The number of hydrogen-bond donors (Lipinski definition) is 1. The third-order valence-electron chi connectivity index (χ3n) is 6.37. The largest absolute Gasteiger partial charge is 0.465 e. The summed E-state index contributed by atoms with van der Waals surface area (Å²) >= 11 is 0. The number of carbonyl (C=O) groups is 2. The molecule has 31 heavy (non-hydrogen) atoms. The van der Waals surface area contributed by atoms with Gasteiger partial charge in [0.1, 0.15) is 12.4 Å². The lowest BCUT2D eigenvalue weighted by Crippen LogP contribution is -2.63. The number of amides is 2. The van der Waals surface area contributed by atoms with Crippen LogP contribution in [0.1, 0.15) is 31.4 Å². The maximum Gasteiger partial charge on any atom is 0.325 e. The molecule has 0 aromatic heterocycles. The van der Waals surface area contributed by atoms with Crippen molar-refractivity contribution in [2.24, 2.45) is 5.41 Å². The predicted octanol–water partition coefficient (Wildman–Crippen LogP) is 3.74. The summed E-state index contributed by atoms with van der Waals surface area (Å²) in [6.07, 6.45) is 1.70. The number of likely N-dealkylation sites (tertiary alicyclic amines) is 1. The molecule has 2 aromatic rings. The number of ether oxygens (including phenoxy) is 1. The molecule has 1 spiro atoms. The van der Waals surface area contributed by atoms with E-state index in [1.165, 1.54) is 11.6 Å². The van der Waals surface area contributed by atoms with Gasteiger partial charge >= 0.3 is 12.0 Å². The van der Waals surface area contributed by atoms with Crippen LogP contribution < -0.4 is 10.2 Å². The topological polar surface area (TPSA) is 61.9 Å². The van der Waals surface area contributed by atoms with Gasteiger partial charge in [-0.2, -0.15) is 0 Å². The Morgan fingerprint density at radius 1 is 1.13 bits per heavy atom. The number of benzene rings is 2. The summed E-state index contributed by atoms with van der Waals surface area (Å²) in [5.41, 5.74) is 2.12. The molecular weight excluding hydrogens is 397 g/mol. The molecule has 2 fully saturated rings. The fourth-order valence-corrected chi connectivity index (χ4v) is 4.86. The van der Waals surface area contributed by atoms with E-state index in [9.17, 15) is 14.0 Å². The number of esters is 1. The second-order valence-corrected chi connectivity index (χ2v) is 8.23. The van der Waals surface area contributed by atoms with Crippen molar-refractivity contribution in [2.45, 2.75) is 25.8 Å². The summed E-state index contributed by atoms with van der Waals surface area (Å²) in [5, 5.41) is 2.64. The van der Waals surface area contributed by atoms with Crippen LogP contribution in [-0.4, -0.2) is 49.7 Å². The number of rotatable bonds is 5. The Labute approximate surface area is 182 Å². The minimum Gasteiger partial charge on any atom is -0.465 e. The summed E-state index contributed by atoms with van der Waals surface area (Å²) < 4.78 is 18.7. The van der Waals surface area contributed by atoms with Gasteiger partial charge in [-0.3, -0.25) is 4.79 Å². The molecule has 2 aliphatic heterocycles. The average Bonchev–Trinajstić information content (AvgIpc) is 2.77. The highest BCUT2D eigenvalue weighted by Crippen LogP contribution is 2.56. The van der Waals surface area contributed by atoms with E-state index in [-0.39, 0.29) is 29.8 Å². The van der Waals surface area contributed by atoms with Crippen LogP contribution in [0.25, 0.3) is 0 Å². The normalized spacial score (nSPS) is 19.6. The highest BCUT2D eigenvalue weighted by atomic mass is 19.1. The Morgan fingerprint density at radius 3 is 2.55 bits per heavy atom. The number of halogens is 1. The molecule has 1 atom stereocenters. The molecule has 0 saturated carbocycles. The third-order valence-corrected chi connectivity index (χ3v) is 6.37. The summed E-state index contributed by atoms with van der Waals surface area (Å²) in [5.74, 6) is -0.670. The summed E-state index contributed by atoms with van der Waals surface area (Å²) in [7, 11) is 0. The van der Waals surface area contributed by atoms with Gasteiger partial charge in [0.25, 0.3) is 0 Å². The first-order chi connectivity index (χ1) is 15.0. The molecule has 1 N–H and O–H groups in total. The molecule has 2 aromatic carbocycles. The molecule has 2 aliphatic rings. The molecule has 2 heterocycles. The summed E-state index contributed by atoms with van der Waals surface area (Å²) in [4.78, 5) is 28.0. The van der Waals surface area contributed by atoms with E-state index in [1.54, 1.807) is 24.0 Å². The quantitative estimate of drug-likeness (QED) is 0.742. The molecule has 2 saturated heterocycles. The predicted molar refractivity (Wildman–Crippen MR) is 116 cm³/mol. The van der Waals surface area contributed by atoms with Crippen LogP contribution >= 0.6 is 0 Å². The molecule has 2 amide bonds. The molecule has 6 nitrogen and oxygen atoms in total. The molecule has 0 bridgehead atoms. The average molecular weight is 426 g/mol. The fraction of sp³-hybridized carbons (Fsp3) is 0.417. The maximum absolute atomic E-state index is 13.9. The van der Waals surface area contributed by atoms with E-state index >= 15 is 0 Å². The van der Waals surface area contributed by atoms with Crippen LogP contribution in [0.5, 0.6) is 0 Å². The molecule has 4 rings (SSSR count). The third kappa shape index (κ3) is 4.36. The lowest BCUT2D eigenvalue weighted by Gasteiger charge is -2.61. The van der Waals surface area contributed by atoms with Gasteiger partial charge in [-0.05, 0) is 43.5 Å². The SMILES string of the molecule is CCOC(=O)CNC(=O)N1CCC2(CC1)CN(c1cccc(F)c1)C2c1ccccc1. The Hall–Kier alpha value is -3.09. The zero-order valence-electron chi connectivity index (χ0n) is 17.7. The Balaban J connectivity index is 1.45. The summed E-state index contributed by atoms with van der Waals surface area (Å²) in [6.45, 7) is 3.98. The van der Waals surface area contributed by atoms with Crippen molar-refractivity contribution in [3.8, 4) is 0 Å². The number of hydrogen-bond acceptors (Lipinski definition) is 4. The second kappa shape index (κ2) is 8.96. The van der Waals surface area contributed by atoms with E-state index in [0.717, 1.165) is 25.1 Å². The minimum atomic E-state index is -0.432. The van der Waals surface area contributed by atoms with Crippen LogP contribution in [0.3, 0.4) is 0 Å². The van der Waals surface area contributed by atoms with Crippen LogP contribution in [0.15, 0.2) is 54.6 Å². The Kier molecular flexibility index (Phi) is 6.11. The smallest absolute Gasteiger partial charge is 0.325 e. The van der Waals surface area contributed by atoms with Gasteiger partial charge in [-0.15, -0.1) is 0 Å². The van der Waals surface area contributed by atoms with Gasteiger partial charge in [0, 0.05) is 30.7 Å². The lowest BCUT2D eigenvalue weighted by molar-refractivity contribution is -0.141. The molecule has 1 unspecified atom stereocenters. The first kappa shape index (κ1) is 21.2. The van der Waals surface area contributed by atoms with E-state index in [4.69, 9.17) is 4.74 Å². The van der Waals surface area contributed by atoms with Gasteiger partial charge in [0.2, 0.25) is 0 Å². The minimum absolute atomic E-state index is 0.0333. The zero-order valence-corrected chi connectivity index (χ0v) is 17.7. The molecule has 7 heteroatoms. The highest BCUT2D eigenvalue weighted by Gasteiger charge is 2.54. The fourth-order valence-electron chi connectivity index (χ4n) is 4.86. The van der Waals surface area contributed by atoms with Crippen LogP contribution in [0.4, 0.5) is 14.9 Å². The van der Waals surface area contributed by atoms with Gasteiger partial charge in [0.15, 0.2) is 0 Å². The molecular formula is C24H28FN3O3. The number of piperidine rings is 1. The monoisotopic (exact) mass is 425 g/mol. The first-order valence-electron chi connectivity index (χ1n) is 10.8. The van der Waals surface area contributed by atoms with E-state index in [1.807, 2.05) is 24.3 Å². The van der Waals surface area contributed by atoms with Gasteiger partial charge in [-0.1, -0.05) is 36.4 Å². The number of carbonyl (C=O) groups excluding carboxylic acids is 2. The summed E-state index contributed by atoms with van der Waals surface area (Å²) in [6, 6.07) is 16.9. The molecule has 0 aliphatic carbocycles. The van der Waals surface area contributed by atoms with Crippen molar-refractivity contribution in [1.82, 2.24) is 10.2 Å². The number of nitrogens with zero attached hydrogens (tertiary/aromatic N) is 2. The van der Waals surface area contributed by atoms with Crippen molar-refractivity contribution in [3.63, 3.8) is 0 Å². The van der Waals surface area contributed by atoms with Crippen LogP contribution in [0, 0.1) is 11.2 Å². The van der Waals surface area contributed by atoms with Crippen LogP contribution in [0.2, 0.25) is 0 Å². The molecule has 164 valence electrons. The number of urea groups is 1. The van der Waals surface area contributed by atoms with Crippen molar-refractivity contribution in [1.29, 1.82) is 0 Å². The van der Waals surface area contributed by atoms with E-state index < -0.39 is 5.97 Å². The van der Waals surface area contributed by atoms with Crippen molar-refractivity contribution in [2.75, 3.05) is 37.7 Å². The zero-order chi connectivity index (χ0) is 21.8.